The highest BCUT2D eigenvalue weighted by Gasteiger charge is 2.43. The summed E-state index contributed by atoms with van der Waals surface area (Å²) in [5.41, 5.74) is 2.70. The Morgan fingerprint density at radius 2 is 1.83 bits per heavy atom. The average Bonchev–Trinajstić information content (AvgIpc) is 3.21. The van der Waals surface area contributed by atoms with Crippen molar-refractivity contribution in [1.82, 2.24) is 14.8 Å². The summed E-state index contributed by atoms with van der Waals surface area (Å²) in [6, 6.07) is 13.6. The monoisotopic (exact) mass is 390 g/mol. The number of ketones is 1. The number of halogens is 1. The zero-order chi connectivity index (χ0) is 20.0. The van der Waals surface area contributed by atoms with Crippen LogP contribution in [0.3, 0.4) is 0 Å². The van der Waals surface area contributed by atoms with Gasteiger partial charge in [-0.1, -0.05) is 30.3 Å². The lowest BCUT2D eigenvalue weighted by Gasteiger charge is -2.38. The van der Waals surface area contributed by atoms with Crippen molar-refractivity contribution in [3.63, 3.8) is 0 Å². The first kappa shape index (κ1) is 17.6. The maximum Gasteiger partial charge on any atom is 0.226 e. The molecule has 0 radical (unpaired) electrons. The molecule has 1 N–H and O–H groups in total. The van der Waals surface area contributed by atoms with Crippen LogP contribution in [0.4, 0.5) is 10.3 Å². The van der Waals surface area contributed by atoms with Gasteiger partial charge in [-0.15, -0.1) is 0 Å². The number of benzene rings is 2. The summed E-state index contributed by atoms with van der Waals surface area (Å²) >= 11 is 0. The van der Waals surface area contributed by atoms with Gasteiger partial charge in [-0.05, 0) is 35.4 Å². The summed E-state index contributed by atoms with van der Waals surface area (Å²) in [6.07, 6.45) is 3.95. The number of rotatable bonds is 3. The van der Waals surface area contributed by atoms with Crippen molar-refractivity contribution in [2.24, 2.45) is 5.92 Å². The van der Waals surface area contributed by atoms with Gasteiger partial charge < -0.3 is 10.1 Å². The Balaban J connectivity index is 1.57. The van der Waals surface area contributed by atoms with Crippen molar-refractivity contribution in [2.75, 3.05) is 12.4 Å². The number of fused-ring (bicyclic) bond motifs is 2. The van der Waals surface area contributed by atoms with Crippen LogP contribution in [0.25, 0.3) is 0 Å². The summed E-state index contributed by atoms with van der Waals surface area (Å²) in [5, 5.41) is 7.59. The van der Waals surface area contributed by atoms with Crippen molar-refractivity contribution >= 4 is 11.7 Å². The average molecular weight is 390 g/mol. The molecule has 5 rings (SSSR count). The van der Waals surface area contributed by atoms with Crippen LogP contribution in [0.2, 0.25) is 0 Å². The molecule has 0 spiro atoms. The molecule has 6 nitrogen and oxygen atoms in total. The van der Waals surface area contributed by atoms with E-state index < -0.39 is 5.92 Å². The Kier molecular flexibility index (Phi) is 4.16. The van der Waals surface area contributed by atoms with E-state index in [0.29, 0.717) is 12.4 Å². The Labute approximate surface area is 167 Å². The van der Waals surface area contributed by atoms with E-state index in [2.05, 4.69) is 21.5 Å². The Bertz CT molecular complexity index is 1090. The van der Waals surface area contributed by atoms with Gasteiger partial charge in [0.05, 0.1) is 19.1 Å². The number of nitrogens with one attached hydrogen (secondary N) is 1. The van der Waals surface area contributed by atoms with E-state index in [0.717, 1.165) is 22.6 Å². The van der Waals surface area contributed by atoms with Crippen molar-refractivity contribution in [2.45, 2.75) is 18.4 Å². The molecule has 0 saturated heterocycles. The molecular formula is C22H19FN4O2. The fourth-order valence-electron chi connectivity index (χ4n) is 4.23. The number of allylic oxidation sites excluding steroid dienone is 2. The zero-order valence-corrected chi connectivity index (χ0v) is 15.7. The molecule has 7 heteroatoms. The van der Waals surface area contributed by atoms with Crippen molar-refractivity contribution in [1.29, 1.82) is 0 Å². The van der Waals surface area contributed by atoms with Crippen molar-refractivity contribution in [3.05, 3.63) is 83.6 Å². The first-order valence-electron chi connectivity index (χ1n) is 9.44. The standard InChI is InChI=1S/C22H19FN4O2/c1-29-17-8-4-13(5-9-17)15-10-18-20(19(28)11-15)21(14-2-6-16(23)7-3-14)27-22(26-18)24-12-25-27/h2-10,12,15,20-21H,11H2,1H3,(H,24,25,26). The van der Waals surface area contributed by atoms with Crippen LogP contribution in [0.1, 0.15) is 29.5 Å². The maximum absolute atomic E-state index is 13.5. The minimum Gasteiger partial charge on any atom is -0.497 e. The Hall–Kier alpha value is -3.48. The predicted molar refractivity (Wildman–Crippen MR) is 105 cm³/mol. The molecule has 3 unspecified atom stereocenters. The normalized spacial score (nSPS) is 22.9. The third-order valence-corrected chi connectivity index (χ3v) is 5.65. The first-order valence-corrected chi connectivity index (χ1v) is 9.44. The number of nitrogens with zero attached hydrogens (tertiary/aromatic N) is 3. The topological polar surface area (TPSA) is 69.0 Å². The molecule has 0 saturated carbocycles. The number of hydrogen-bond donors (Lipinski definition) is 1. The quantitative estimate of drug-likeness (QED) is 0.739. The predicted octanol–water partition coefficient (Wildman–Crippen LogP) is 3.70. The van der Waals surface area contributed by atoms with Gasteiger partial charge in [-0.25, -0.2) is 9.07 Å². The molecule has 0 bridgehead atoms. The molecule has 2 heterocycles. The van der Waals surface area contributed by atoms with Crippen LogP contribution >= 0.6 is 0 Å². The summed E-state index contributed by atoms with van der Waals surface area (Å²) in [4.78, 5) is 17.6. The van der Waals surface area contributed by atoms with Crippen LogP contribution in [0, 0.1) is 11.7 Å². The van der Waals surface area contributed by atoms with Crippen LogP contribution in [-0.4, -0.2) is 27.7 Å². The lowest BCUT2D eigenvalue weighted by molar-refractivity contribution is -0.123. The van der Waals surface area contributed by atoms with Crippen LogP contribution in [-0.2, 0) is 4.79 Å². The number of aromatic nitrogens is 3. The molecule has 3 atom stereocenters. The molecule has 2 aliphatic rings. The molecule has 29 heavy (non-hydrogen) atoms. The number of anilines is 1. The van der Waals surface area contributed by atoms with Gasteiger partial charge in [0.25, 0.3) is 0 Å². The van der Waals surface area contributed by atoms with Crippen molar-refractivity contribution < 1.29 is 13.9 Å². The third kappa shape index (κ3) is 2.99. The maximum atomic E-state index is 13.5. The second-order valence-corrected chi connectivity index (χ2v) is 7.30. The molecule has 0 fully saturated rings. The van der Waals surface area contributed by atoms with E-state index in [1.165, 1.54) is 18.5 Å². The number of Topliss-reactive ketones (excluding diaryl/α,β-unsaturated/α-hetero) is 1. The molecule has 146 valence electrons. The van der Waals surface area contributed by atoms with E-state index in [-0.39, 0.29) is 23.6 Å². The Morgan fingerprint density at radius 1 is 1.10 bits per heavy atom. The summed E-state index contributed by atoms with van der Waals surface area (Å²) < 4.78 is 20.4. The molecule has 0 amide bonds. The van der Waals surface area contributed by atoms with E-state index in [1.807, 2.05) is 24.3 Å². The van der Waals surface area contributed by atoms with Crippen LogP contribution < -0.4 is 10.1 Å². The van der Waals surface area contributed by atoms with E-state index in [1.54, 1.807) is 23.9 Å². The molecule has 1 aliphatic heterocycles. The van der Waals surface area contributed by atoms with Crippen LogP contribution in [0.5, 0.6) is 5.75 Å². The fraction of sp³-hybridized carbons (Fsp3) is 0.227. The van der Waals surface area contributed by atoms with E-state index in [9.17, 15) is 9.18 Å². The number of hydrogen-bond acceptors (Lipinski definition) is 5. The number of carbonyl (C=O) groups excluding carboxylic acids is 1. The fourth-order valence-corrected chi connectivity index (χ4v) is 4.23. The minimum absolute atomic E-state index is 0.0319. The van der Waals surface area contributed by atoms with Gasteiger partial charge in [0.15, 0.2) is 0 Å². The SMILES string of the molecule is COc1ccc(C2C=C3Nc4ncnn4C(c4ccc(F)cc4)C3C(=O)C2)cc1. The highest BCUT2D eigenvalue weighted by Crippen LogP contribution is 2.44. The first-order chi connectivity index (χ1) is 14.1. The Morgan fingerprint density at radius 3 is 2.55 bits per heavy atom. The molecule has 2 aromatic carbocycles. The molecule has 1 aliphatic carbocycles. The largest absolute Gasteiger partial charge is 0.497 e. The second kappa shape index (κ2) is 6.84. The summed E-state index contributed by atoms with van der Waals surface area (Å²) in [7, 11) is 1.63. The number of carbonyl (C=O) groups is 1. The minimum atomic E-state index is -0.413. The van der Waals surface area contributed by atoms with Gasteiger partial charge >= 0.3 is 0 Å². The smallest absolute Gasteiger partial charge is 0.226 e. The summed E-state index contributed by atoms with van der Waals surface area (Å²) in [5.74, 6) is 0.712. The van der Waals surface area contributed by atoms with Crippen molar-refractivity contribution in [3.8, 4) is 5.75 Å². The van der Waals surface area contributed by atoms with Gasteiger partial charge in [-0.3, -0.25) is 4.79 Å². The molecular weight excluding hydrogens is 371 g/mol. The highest BCUT2D eigenvalue weighted by molar-refractivity contribution is 5.88. The van der Waals surface area contributed by atoms with Gasteiger partial charge in [-0.2, -0.15) is 10.1 Å². The zero-order valence-electron chi connectivity index (χ0n) is 15.7. The number of methoxy groups -OCH3 is 1. The van der Waals surface area contributed by atoms with Gasteiger partial charge in [0, 0.05) is 18.0 Å². The van der Waals surface area contributed by atoms with E-state index >= 15 is 0 Å². The van der Waals surface area contributed by atoms with Gasteiger partial charge in [0.1, 0.15) is 23.7 Å². The highest BCUT2D eigenvalue weighted by atomic mass is 19.1. The van der Waals surface area contributed by atoms with E-state index in [4.69, 9.17) is 4.74 Å². The molecule has 1 aromatic heterocycles. The lowest BCUT2D eigenvalue weighted by atomic mass is 9.75. The van der Waals surface area contributed by atoms with Gasteiger partial charge in [0.2, 0.25) is 5.95 Å². The third-order valence-electron chi connectivity index (χ3n) is 5.65. The molecule has 3 aromatic rings. The second-order valence-electron chi connectivity index (χ2n) is 7.30. The lowest BCUT2D eigenvalue weighted by Crippen LogP contribution is -2.40. The number of ether oxygens (including phenoxy) is 1. The van der Waals surface area contributed by atoms with Crippen LogP contribution in [0.15, 0.2) is 66.6 Å². The summed E-state index contributed by atoms with van der Waals surface area (Å²) in [6.45, 7) is 0.